The predicted molar refractivity (Wildman–Crippen MR) is 44.3 cm³/mol. The Hall–Kier alpha value is -0.690. The SMILES string of the molecule is C=C(C)C(=O)OCCC[PH+]=O. The second-order valence-corrected chi connectivity index (χ2v) is 2.95. The predicted octanol–water partition coefficient (Wildman–Crippen LogP) is 1.52. The summed E-state index contributed by atoms with van der Waals surface area (Å²) in [5.41, 5.74) is 0.398. The highest BCUT2D eigenvalue weighted by Crippen LogP contribution is 1.97. The third-order valence-corrected chi connectivity index (χ3v) is 1.56. The van der Waals surface area contributed by atoms with Gasteiger partial charge in [-0.15, -0.1) is 0 Å². The van der Waals surface area contributed by atoms with Gasteiger partial charge in [-0.2, -0.15) is 0 Å². The molecular formula is C7H12O3P+. The van der Waals surface area contributed by atoms with Gasteiger partial charge >= 0.3 is 14.4 Å². The van der Waals surface area contributed by atoms with Crippen LogP contribution < -0.4 is 0 Å². The summed E-state index contributed by atoms with van der Waals surface area (Å²) in [6.45, 7) is 5.35. The Balaban J connectivity index is 3.31. The lowest BCUT2D eigenvalue weighted by Crippen LogP contribution is -2.06. The Morgan fingerprint density at radius 2 is 2.27 bits per heavy atom. The number of carbonyl (C=O) groups is 1. The first-order chi connectivity index (χ1) is 5.18. The van der Waals surface area contributed by atoms with Gasteiger partial charge in [0, 0.05) is 12.0 Å². The molecule has 1 unspecified atom stereocenters. The molecule has 0 N–H and O–H groups in total. The Labute approximate surface area is 67.6 Å². The summed E-state index contributed by atoms with van der Waals surface area (Å²) in [5.74, 6) is -0.376. The van der Waals surface area contributed by atoms with Crippen LogP contribution in [0.3, 0.4) is 0 Å². The van der Waals surface area contributed by atoms with E-state index in [9.17, 15) is 9.36 Å². The van der Waals surface area contributed by atoms with E-state index in [1.165, 1.54) is 0 Å². The quantitative estimate of drug-likeness (QED) is 0.275. The summed E-state index contributed by atoms with van der Waals surface area (Å²) in [6.07, 6.45) is 1.24. The number of hydrogen-bond acceptors (Lipinski definition) is 3. The molecule has 0 aliphatic heterocycles. The molecule has 0 saturated heterocycles. The highest BCUT2D eigenvalue weighted by atomic mass is 31.1. The van der Waals surface area contributed by atoms with Crippen LogP contribution >= 0.6 is 8.46 Å². The third kappa shape index (κ3) is 5.74. The second-order valence-electron chi connectivity index (χ2n) is 2.16. The first-order valence-corrected chi connectivity index (χ1v) is 4.47. The van der Waals surface area contributed by atoms with Gasteiger partial charge < -0.3 is 4.74 Å². The van der Waals surface area contributed by atoms with E-state index in [-0.39, 0.29) is 14.4 Å². The fourth-order valence-electron chi connectivity index (χ4n) is 0.432. The number of hydrogen-bond donors (Lipinski definition) is 0. The maximum Gasteiger partial charge on any atom is 0.333 e. The van der Waals surface area contributed by atoms with Crippen molar-refractivity contribution in [3.8, 4) is 0 Å². The normalized spacial score (nSPS) is 9.55. The summed E-state index contributed by atoms with van der Waals surface area (Å²) >= 11 is 0. The zero-order chi connectivity index (χ0) is 8.69. The van der Waals surface area contributed by atoms with Gasteiger partial charge in [0.25, 0.3) is 0 Å². The van der Waals surface area contributed by atoms with Crippen molar-refractivity contribution in [2.45, 2.75) is 13.3 Å². The minimum atomic E-state index is -0.376. The molecule has 0 aliphatic carbocycles. The average Bonchev–Trinajstić information content (AvgIpc) is 1.97. The molecule has 0 amide bonds. The maximum atomic E-state index is 10.7. The van der Waals surface area contributed by atoms with Crippen LogP contribution in [0.2, 0.25) is 0 Å². The third-order valence-electron chi connectivity index (χ3n) is 1.00. The maximum absolute atomic E-state index is 10.7. The largest absolute Gasteiger partial charge is 0.462 e. The minimum Gasteiger partial charge on any atom is -0.462 e. The van der Waals surface area contributed by atoms with E-state index in [4.69, 9.17) is 4.74 Å². The minimum absolute atomic E-state index is 0.308. The highest BCUT2D eigenvalue weighted by molar-refractivity contribution is 7.23. The molecule has 4 heteroatoms. The van der Waals surface area contributed by atoms with Gasteiger partial charge in [-0.05, 0) is 6.92 Å². The van der Waals surface area contributed by atoms with Gasteiger partial charge in [0.15, 0.2) is 0 Å². The fourth-order valence-corrected chi connectivity index (χ4v) is 0.721. The van der Waals surface area contributed by atoms with E-state index >= 15 is 0 Å². The van der Waals surface area contributed by atoms with Crippen molar-refractivity contribution in [1.29, 1.82) is 0 Å². The van der Waals surface area contributed by atoms with E-state index in [0.717, 1.165) is 0 Å². The summed E-state index contributed by atoms with van der Waals surface area (Å²) in [7, 11) is -0.308. The van der Waals surface area contributed by atoms with Crippen molar-refractivity contribution in [1.82, 2.24) is 0 Å². The molecule has 0 spiro atoms. The molecule has 0 aromatic carbocycles. The lowest BCUT2D eigenvalue weighted by Gasteiger charge is -1.99. The van der Waals surface area contributed by atoms with E-state index in [1.807, 2.05) is 0 Å². The monoisotopic (exact) mass is 175 g/mol. The van der Waals surface area contributed by atoms with Gasteiger partial charge in [-0.3, -0.25) is 0 Å². The van der Waals surface area contributed by atoms with Crippen molar-refractivity contribution >= 4 is 14.4 Å². The molecule has 11 heavy (non-hydrogen) atoms. The van der Waals surface area contributed by atoms with E-state index in [1.54, 1.807) is 6.92 Å². The Morgan fingerprint density at radius 3 is 2.73 bits per heavy atom. The fraction of sp³-hybridized carbons (Fsp3) is 0.571. The Kier molecular flexibility index (Phi) is 5.67. The van der Waals surface area contributed by atoms with Crippen molar-refractivity contribution in [3.05, 3.63) is 12.2 Å². The average molecular weight is 175 g/mol. The highest BCUT2D eigenvalue weighted by Gasteiger charge is 2.02. The zero-order valence-electron chi connectivity index (χ0n) is 6.55. The summed E-state index contributed by atoms with van der Waals surface area (Å²) in [4.78, 5) is 10.7. The lowest BCUT2D eigenvalue weighted by molar-refractivity contribution is -0.138. The molecule has 0 bridgehead atoms. The molecule has 0 aromatic heterocycles. The lowest BCUT2D eigenvalue weighted by atomic mass is 10.4. The van der Waals surface area contributed by atoms with Crippen LogP contribution in [0.15, 0.2) is 12.2 Å². The van der Waals surface area contributed by atoms with Crippen LogP contribution in [0.1, 0.15) is 13.3 Å². The van der Waals surface area contributed by atoms with Gasteiger partial charge in [0.1, 0.15) is 6.16 Å². The van der Waals surface area contributed by atoms with Crippen LogP contribution in [0, 0.1) is 0 Å². The number of rotatable bonds is 5. The van der Waals surface area contributed by atoms with Crippen LogP contribution in [-0.2, 0) is 14.1 Å². The number of esters is 1. The van der Waals surface area contributed by atoms with Gasteiger partial charge in [-0.1, -0.05) is 11.1 Å². The van der Waals surface area contributed by atoms with Crippen LogP contribution in [0.5, 0.6) is 0 Å². The molecule has 0 rings (SSSR count). The van der Waals surface area contributed by atoms with Gasteiger partial charge in [0.2, 0.25) is 0 Å². The molecule has 1 atom stereocenters. The van der Waals surface area contributed by atoms with Crippen LogP contribution in [0.25, 0.3) is 0 Å². The summed E-state index contributed by atoms with van der Waals surface area (Å²) in [5, 5.41) is 0. The van der Waals surface area contributed by atoms with Gasteiger partial charge in [0.05, 0.1) is 6.61 Å². The molecule has 0 aliphatic rings. The van der Waals surface area contributed by atoms with Crippen molar-refractivity contribution in [2.24, 2.45) is 0 Å². The number of ether oxygens (including phenoxy) is 1. The molecular weight excluding hydrogens is 163 g/mol. The Morgan fingerprint density at radius 1 is 1.64 bits per heavy atom. The molecule has 0 saturated carbocycles. The first-order valence-electron chi connectivity index (χ1n) is 3.36. The van der Waals surface area contributed by atoms with Crippen LogP contribution in [0.4, 0.5) is 0 Å². The first kappa shape index (κ1) is 10.3. The molecule has 62 valence electrons. The Bertz CT molecular complexity index is 165. The van der Waals surface area contributed by atoms with Crippen molar-refractivity contribution < 1.29 is 14.1 Å². The van der Waals surface area contributed by atoms with E-state index in [0.29, 0.717) is 24.8 Å². The van der Waals surface area contributed by atoms with Crippen molar-refractivity contribution in [3.63, 3.8) is 0 Å². The number of carbonyl (C=O) groups excluding carboxylic acids is 1. The van der Waals surface area contributed by atoms with Crippen molar-refractivity contribution in [2.75, 3.05) is 12.8 Å². The standard InChI is InChI=1S/C7H11O3P/c1-6(2)7(8)10-4-3-5-11-9/h1,3-5H2,2H3/p+1. The zero-order valence-corrected chi connectivity index (χ0v) is 7.55. The molecule has 3 nitrogen and oxygen atoms in total. The molecule has 0 fully saturated rings. The summed E-state index contributed by atoms with van der Waals surface area (Å²) < 4.78 is 14.7. The van der Waals surface area contributed by atoms with E-state index < -0.39 is 0 Å². The molecule has 0 aromatic rings. The van der Waals surface area contributed by atoms with Crippen LogP contribution in [-0.4, -0.2) is 18.7 Å². The van der Waals surface area contributed by atoms with E-state index in [2.05, 4.69) is 6.58 Å². The molecule has 0 heterocycles. The second kappa shape index (κ2) is 6.05. The topological polar surface area (TPSA) is 43.4 Å². The van der Waals surface area contributed by atoms with Gasteiger partial charge in [-0.25, -0.2) is 4.79 Å². The smallest absolute Gasteiger partial charge is 0.333 e. The summed E-state index contributed by atoms with van der Waals surface area (Å²) in [6, 6.07) is 0. The molecule has 0 radical (unpaired) electrons.